The number of para-hydroxylation sites is 1. The van der Waals surface area contributed by atoms with Gasteiger partial charge in [-0.3, -0.25) is 14.9 Å². The lowest BCUT2D eigenvalue weighted by Gasteiger charge is -2.16. The first-order valence-electron chi connectivity index (χ1n) is 6.28. The molecule has 2 rings (SSSR count). The summed E-state index contributed by atoms with van der Waals surface area (Å²) < 4.78 is 0. The van der Waals surface area contributed by atoms with Crippen molar-refractivity contribution in [2.75, 3.05) is 5.88 Å². The predicted molar refractivity (Wildman–Crippen MR) is 80.5 cm³/mol. The number of carbonyl (C=O) groups is 1. The Bertz CT molecular complexity index is 646. The molecule has 108 valence electrons. The van der Waals surface area contributed by atoms with E-state index in [-0.39, 0.29) is 17.1 Å². The van der Waals surface area contributed by atoms with Crippen molar-refractivity contribution in [3.8, 4) is 0 Å². The molecule has 2 aromatic rings. The summed E-state index contributed by atoms with van der Waals surface area (Å²) in [7, 11) is 0. The summed E-state index contributed by atoms with van der Waals surface area (Å²) in [5, 5.41) is 13.7. The Morgan fingerprint density at radius 3 is 2.38 bits per heavy atom. The van der Waals surface area contributed by atoms with Crippen LogP contribution < -0.4 is 5.32 Å². The number of rotatable bonds is 5. The van der Waals surface area contributed by atoms with Gasteiger partial charge in [-0.15, -0.1) is 11.6 Å². The highest BCUT2D eigenvalue weighted by Crippen LogP contribution is 2.20. The number of nitrogens with one attached hydrogen (secondary N) is 1. The van der Waals surface area contributed by atoms with Crippen molar-refractivity contribution >= 4 is 23.2 Å². The second kappa shape index (κ2) is 6.85. The number of halogens is 1. The van der Waals surface area contributed by atoms with Gasteiger partial charge in [0.2, 0.25) is 0 Å². The van der Waals surface area contributed by atoms with E-state index in [1.807, 2.05) is 30.3 Å². The normalized spacial score (nSPS) is 11.7. The van der Waals surface area contributed by atoms with E-state index in [9.17, 15) is 14.9 Å². The number of nitrogens with zero attached hydrogens (tertiary/aromatic N) is 1. The first-order chi connectivity index (χ1) is 10.1. The Labute approximate surface area is 126 Å². The topological polar surface area (TPSA) is 72.2 Å². The smallest absolute Gasteiger partial charge is 0.282 e. The monoisotopic (exact) mass is 304 g/mol. The molecule has 0 saturated carbocycles. The van der Waals surface area contributed by atoms with Gasteiger partial charge in [-0.25, -0.2) is 0 Å². The van der Waals surface area contributed by atoms with Crippen LogP contribution in [0.15, 0.2) is 54.6 Å². The molecule has 0 heterocycles. The van der Waals surface area contributed by atoms with Crippen LogP contribution in [0.2, 0.25) is 0 Å². The summed E-state index contributed by atoms with van der Waals surface area (Å²) in [6.45, 7) is 0. The van der Waals surface area contributed by atoms with E-state index in [2.05, 4.69) is 5.32 Å². The molecule has 6 heteroatoms. The van der Waals surface area contributed by atoms with Crippen LogP contribution in [0, 0.1) is 10.1 Å². The fraction of sp³-hybridized carbons (Fsp3) is 0.133. The largest absolute Gasteiger partial charge is 0.344 e. The van der Waals surface area contributed by atoms with Crippen LogP contribution in [0.25, 0.3) is 0 Å². The molecule has 0 aliphatic heterocycles. The zero-order valence-electron chi connectivity index (χ0n) is 11.0. The van der Waals surface area contributed by atoms with Crippen molar-refractivity contribution in [1.29, 1.82) is 0 Å². The minimum atomic E-state index is -0.576. The maximum atomic E-state index is 12.2. The molecule has 0 fully saturated rings. The fourth-order valence-electron chi connectivity index (χ4n) is 1.96. The van der Waals surface area contributed by atoms with E-state index in [1.165, 1.54) is 18.2 Å². The van der Waals surface area contributed by atoms with Crippen molar-refractivity contribution in [2.24, 2.45) is 0 Å². The standard InChI is InChI=1S/C15H13ClN2O3/c16-10-13(11-6-2-1-3-7-11)17-15(19)12-8-4-5-9-14(12)18(20)21/h1-9,13H,10H2,(H,17,19). The average Bonchev–Trinajstić information content (AvgIpc) is 2.53. The maximum absolute atomic E-state index is 12.2. The number of hydrogen-bond acceptors (Lipinski definition) is 3. The van der Waals surface area contributed by atoms with Gasteiger partial charge in [0.25, 0.3) is 11.6 Å². The highest BCUT2D eigenvalue weighted by Gasteiger charge is 2.21. The lowest BCUT2D eigenvalue weighted by Crippen LogP contribution is -2.30. The van der Waals surface area contributed by atoms with Gasteiger partial charge < -0.3 is 5.32 Å². The van der Waals surface area contributed by atoms with Crippen LogP contribution in [0.4, 0.5) is 5.69 Å². The molecule has 1 N–H and O–H groups in total. The number of nitro groups is 1. The van der Waals surface area contributed by atoms with Crippen molar-refractivity contribution in [1.82, 2.24) is 5.32 Å². The average molecular weight is 305 g/mol. The number of benzene rings is 2. The summed E-state index contributed by atoms with van der Waals surface area (Å²) in [5.41, 5.74) is 0.643. The number of nitro benzene ring substituents is 1. The van der Waals surface area contributed by atoms with Crippen LogP contribution in [0.1, 0.15) is 22.0 Å². The van der Waals surface area contributed by atoms with Gasteiger partial charge in [0.15, 0.2) is 0 Å². The van der Waals surface area contributed by atoms with Crippen molar-refractivity contribution in [2.45, 2.75) is 6.04 Å². The van der Waals surface area contributed by atoms with E-state index >= 15 is 0 Å². The Hall–Kier alpha value is -2.40. The number of alkyl halides is 1. The van der Waals surface area contributed by atoms with E-state index in [0.29, 0.717) is 0 Å². The number of carbonyl (C=O) groups excluding carboxylic acids is 1. The molecule has 21 heavy (non-hydrogen) atoms. The van der Waals surface area contributed by atoms with Gasteiger partial charge in [0, 0.05) is 11.9 Å². The van der Waals surface area contributed by atoms with Gasteiger partial charge >= 0.3 is 0 Å². The number of amides is 1. The molecule has 2 aromatic carbocycles. The first-order valence-corrected chi connectivity index (χ1v) is 6.82. The summed E-state index contributed by atoms with van der Waals surface area (Å²) in [6.07, 6.45) is 0. The highest BCUT2D eigenvalue weighted by atomic mass is 35.5. The van der Waals surface area contributed by atoms with Gasteiger partial charge in [0.05, 0.1) is 11.0 Å². The molecular weight excluding hydrogens is 292 g/mol. The third-order valence-corrected chi connectivity index (χ3v) is 3.32. The molecule has 1 amide bonds. The molecule has 1 unspecified atom stereocenters. The molecule has 1 atom stereocenters. The van der Waals surface area contributed by atoms with Gasteiger partial charge in [-0.05, 0) is 11.6 Å². The minimum absolute atomic E-state index is 0.0218. The zero-order chi connectivity index (χ0) is 15.2. The first kappa shape index (κ1) is 15.0. The Balaban J connectivity index is 2.23. The van der Waals surface area contributed by atoms with Gasteiger partial charge in [0.1, 0.15) is 5.56 Å². The molecule has 0 radical (unpaired) electrons. The molecule has 0 bridgehead atoms. The van der Waals surface area contributed by atoms with Crippen molar-refractivity contribution < 1.29 is 9.72 Å². The van der Waals surface area contributed by atoms with E-state index in [1.54, 1.807) is 6.07 Å². The summed E-state index contributed by atoms with van der Waals surface area (Å²) in [4.78, 5) is 22.6. The fourth-order valence-corrected chi connectivity index (χ4v) is 2.21. The Morgan fingerprint density at radius 1 is 1.14 bits per heavy atom. The third kappa shape index (κ3) is 3.58. The van der Waals surface area contributed by atoms with Crippen LogP contribution in [0.3, 0.4) is 0 Å². The number of hydrogen-bond donors (Lipinski definition) is 1. The second-order valence-electron chi connectivity index (χ2n) is 4.37. The SMILES string of the molecule is O=C(NC(CCl)c1ccccc1)c1ccccc1[N+](=O)[O-]. The quantitative estimate of drug-likeness (QED) is 0.523. The van der Waals surface area contributed by atoms with Gasteiger partial charge in [-0.1, -0.05) is 42.5 Å². The Kier molecular flexibility index (Phi) is 4.90. The van der Waals surface area contributed by atoms with Crippen molar-refractivity contribution in [3.63, 3.8) is 0 Å². The van der Waals surface area contributed by atoms with Crippen LogP contribution in [-0.2, 0) is 0 Å². The molecule has 5 nitrogen and oxygen atoms in total. The Morgan fingerprint density at radius 2 is 1.76 bits per heavy atom. The molecule has 0 aliphatic rings. The third-order valence-electron chi connectivity index (χ3n) is 3.01. The maximum Gasteiger partial charge on any atom is 0.282 e. The second-order valence-corrected chi connectivity index (χ2v) is 4.67. The minimum Gasteiger partial charge on any atom is -0.344 e. The molecular formula is C15H13ClN2O3. The van der Waals surface area contributed by atoms with Crippen LogP contribution in [0.5, 0.6) is 0 Å². The summed E-state index contributed by atoms with van der Waals surface area (Å²) >= 11 is 5.89. The van der Waals surface area contributed by atoms with Crippen LogP contribution in [-0.4, -0.2) is 16.7 Å². The zero-order valence-corrected chi connectivity index (χ0v) is 11.8. The lowest BCUT2D eigenvalue weighted by molar-refractivity contribution is -0.385. The summed E-state index contributed by atoms with van der Waals surface area (Å²) in [6, 6.07) is 14.6. The molecule has 0 saturated heterocycles. The van der Waals surface area contributed by atoms with Crippen LogP contribution >= 0.6 is 11.6 Å². The van der Waals surface area contributed by atoms with E-state index in [4.69, 9.17) is 11.6 Å². The highest BCUT2D eigenvalue weighted by molar-refractivity contribution is 6.18. The van der Waals surface area contributed by atoms with Gasteiger partial charge in [-0.2, -0.15) is 0 Å². The molecule has 0 aliphatic carbocycles. The lowest BCUT2D eigenvalue weighted by atomic mass is 10.1. The van der Waals surface area contributed by atoms with E-state index < -0.39 is 16.9 Å². The summed E-state index contributed by atoms with van der Waals surface area (Å²) in [5.74, 6) is -0.340. The predicted octanol–water partition coefficient (Wildman–Crippen LogP) is 3.30. The van der Waals surface area contributed by atoms with Crippen molar-refractivity contribution in [3.05, 3.63) is 75.8 Å². The van der Waals surface area contributed by atoms with E-state index in [0.717, 1.165) is 5.56 Å². The molecule has 0 aromatic heterocycles. The molecule has 0 spiro atoms.